The van der Waals surface area contributed by atoms with E-state index in [-0.39, 0.29) is 25.8 Å². The molecule has 2 nitrogen and oxygen atoms in total. The molecule has 14 heavy (non-hydrogen) atoms. The molecular weight excluding hydrogens is 321 g/mol. The number of hydrogen-bond acceptors (Lipinski definition) is 2. The summed E-state index contributed by atoms with van der Waals surface area (Å²) in [6, 6.07) is 0. The van der Waals surface area contributed by atoms with Crippen LogP contribution in [0.2, 0.25) is 0 Å². The minimum atomic E-state index is -5.80. The topological polar surface area (TPSA) is 29.5 Å². The largest absolute Gasteiger partial charge is 0.428 e. The molecule has 1 N–H and O–H groups in total. The third kappa shape index (κ3) is 3.20. The molecule has 0 atom stereocenters. The minimum Gasteiger partial charge on any atom is -0.381 e. The van der Waals surface area contributed by atoms with Gasteiger partial charge in [-0.05, 0) is 0 Å². The van der Waals surface area contributed by atoms with Crippen molar-refractivity contribution in [2.24, 2.45) is 0 Å². The number of halogens is 6. The summed E-state index contributed by atoms with van der Waals surface area (Å²) >= 11 is 0. The predicted molar refractivity (Wildman–Crippen MR) is 34.7 cm³/mol. The van der Waals surface area contributed by atoms with Gasteiger partial charge in [-0.2, -0.15) is 26.3 Å². The number of methoxy groups -OCH3 is 1. The van der Waals surface area contributed by atoms with Crippen molar-refractivity contribution < 1.29 is 36.2 Å². The molecule has 0 heterocycles. The van der Waals surface area contributed by atoms with Crippen LogP contribution in [-0.2, 0) is 4.74 Å². The van der Waals surface area contributed by atoms with Gasteiger partial charge >= 0.3 is 12.4 Å². The fourth-order valence-corrected chi connectivity index (χ4v) is 0.533. The van der Waals surface area contributed by atoms with Gasteiger partial charge in [0.05, 0.1) is 6.61 Å². The molecule has 0 unspecified atom stereocenters. The molecule has 0 aromatic heterocycles. The first kappa shape index (κ1) is 16.8. The Balaban J connectivity index is 0. The van der Waals surface area contributed by atoms with E-state index in [1.54, 1.807) is 0 Å². The van der Waals surface area contributed by atoms with E-state index in [9.17, 15) is 26.3 Å². The second-order valence-corrected chi connectivity index (χ2v) is 2.29. The van der Waals surface area contributed by atoms with Crippen molar-refractivity contribution >= 4 is 25.8 Å². The smallest absolute Gasteiger partial charge is 0.381 e. The van der Waals surface area contributed by atoms with E-state index in [1.165, 1.54) is 0 Å². The van der Waals surface area contributed by atoms with Crippen LogP contribution in [0.15, 0.2) is 0 Å². The molecular formula is C5H6F6InO2. The van der Waals surface area contributed by atoms with Gasteiger partial charge in [0.1, 0.15) is 0 Å². The molecule has 0 spiro atoms. The second-order valence-electron chi connectivity index (χ2n) is 2.29. The molecule has 0 saturated carbocycles. The molecule has 0 aliphatic carbocycles. The molecule has 0 aromatic carbocycles. The number of aliphatic hydroxyl groups is 1. The summed E-state index contributed by atoms with van der Waals surface area (Å²) in [6.45, 7) is -1.88. The number of rotatable bonds is 2. The van der Waals surface area contributed by atoms with Crippen LogP contribution in [0.1, 0.15) is 0 Å². The molecule has 0 fully saturated rings. The third-order valence-corrected chi connectivity index (χ3v) is 1.29. The Morgan fingerprint density at radius 1 is 1.00 bits per heavy atom. The summed E-state index contributed by atoms with van der Waals surface area (Å²) < 4.78 is 74.1. The fraction of sp³-hybridized carbons (Fsp3) is 1.00. The number of alkyl halides is 6. The maximum absolute atomic E-state index is 11.7. The standard InChI is InChI=1S/C5H6F6O2.In/c1-13-2-3(12,4(6,7)8)5(9,10)11;/h12H,2H2,1H3;. The normalized spacial score (nSPS) is 13.7. The molecule has 0 saturated heterocycles. The van der Waals surface area contributed by atoms with E-state index in [4.69, 9.17) is 5.11 Å². The Bertz CT molecular complexity index is 162. The van der Waals surface area contributed by atoms with Crippen LogP contribution >= 0.6 is 0 Å². The second kappa shape index (κ2) is 4.93. The summed E-state index contributed by atoms with van der Waals surface area (Å²) in [6.07, 6.45) is -11.6. The monoisotopic (exact) mass is 327 g/mol. The molecule has 0 aliphatic rings. The first-order valence-electron chi connectivity index (χ1n) is 2.91. The number of hydrogen-bond donors (Lipinski definition) is 1. The quantitative estimate of drug-likeness (QED) is 0.770. The van der Waals surface area contributed by atoms with Crippen LogP contribution in [0, 0.1) is 0 Å². The van der Waals surface area contributed by atoms with Gasteiger partial charge in [0.25, 0.3) is 5.60 Å². The van der Waals surface area contributed by atoms with Gasteiger partial charge in [-0.15, -0.1) is 0 Å². The van der Waals surface area contributed by atoms with Crippen molar-refractivity contribution in [2.45, 2.75) is 18.0 Å². The Hall–Kier alpha value is 0.370. The third-order valence-electron chi connectivity index (χ3n) is 1.29. The summed E-state index contributed by atoms with van der Waals surface area (Å²) in [5.41, 5.74) is -4.80. The predicted octanol–water partition coefficient (Wildman–Crippen LogP) is 1.11. The van der Waals surface area contributed by atoms with Gasteiger partial charge in [-0.3, -0.25) is 0 Å². The Morgan fingerprint density at radius 3 is 1.36 bits per heavy atom. The Kier molecular flexibility index (Phi) is 5.91. The zero-order valence-electron chi connectivity index (χ0n) is 6.91. The maximum Gasteiger partial charge on any atom is 0.428 e. The Morgan fingerprint density at radius 2 is 1.29 bits per heavy atom. The fourth-order valence-electron chi connectivity index (χ4n) is 0.533. The van der Waals surface area contributed by atoms with Gasteiger partial charge in [-0.25, -0.2) is 0 Å². The van der Waals surface area contributed by atoms with Crippen molar-refractivity contribution in [2.75, 3.05) is 13.7 Å². The van der Waals surface area contributed by atoms with Crippen LogP contribution in [-0.4, -0.2) is 62.6 Å². The first-order chi connectivity index (χ1) is 5.56. The van der Waals surface area contributed by atoms with Gasteiger partial charge in [0.15, 0.2) is 0 Å². The Labute approximate surface area is 94.0 Å². The van der Waals surface area contributed by atoms with E-state index in [1.807, 2.05) is 0 Å². The average molecular weight is 327 g/mol. The zero-order valence-corrected chi connectivity index (χ0v) is 10.2. The van der Waals surface area contributed by atoms with Gasteiger partial charge in [0.2, 0.25) is 0 Å². The van der Waals surface area contributed by atoms with Crippen molar-refractivity contribution in [1.82, 2.24) is 0 Å². The van der Waals surface area contributed by atoms with Gasteiger partial charge in [0, 0.05) is 33.0 Å². The van der Waals surface area contributed by atoms with Crippen molar-refractivity contribution in [3.8, 4) is 0 Å². The van der Waals surface area contributed by atoms with Gasteiger partial charge in [-0.1, -0.05) is 0 Å². The maximum atomic E-state index is 11.7. The molecule has 83 valence electrons. The van der Waals surface area contributed by atoms with Crippen LogP contribution in [0.25, 0.3) is 0 Å². The molecule has 0 amide bonds. The van der Waals surface area contributed by atoms with Crippen molar-refractivity contribution in [1.29, 1.82) is 0 Å². The first-order valence-corrected chi connectivity index (χ1v) is 2.91. The van der Waals surface area contributed by atoms with E-state index in [2.05, 4.69) is 4.74 Å². The number of ether oxygens (including phenoxy) is 1. The molecule has 0 aliphatic heterocycles. The molecule has 9 heteroatoms. The summed E-state index contributed by atoms with van der Waals surface area (Å²) in [5, 5.41) is 8.31. The summed E-state index contributed by atoms with van der Waals surface area (Å²) in [5.74, 6) is 0. The molecule has 3 radical (unpaired) electrons. The van der Waals surface area contributed by atoms with Crippen molar-refractivity contribution in [3.63, 3.8) is 0 Å². The van der Waals surface area contributed by atoms with Crippen molar-refractivity contribution in [3.05, 3.63) is 0 Å². The van der Waals surface area contributed by atoms with E-state index in [0.29, 0.717) is 7.11 Å². The van der Waals surface area contributed by atoms with E-state index in [0.717, 1.165) is 0 Å². The van der Waals surface area contributed by atoms with E-state index < -0.39 is 24.6 Å². The van der Waals surface area contributed by atoms with Gasteiger partial charge < -0.3 is 9.84 Å². The van der Waals surface area contributed by atoms with Crippen LogP contribution in [0.5, 0.6) is 0 Å². The molecule has 0 bridgehead atoms. The van der Waals surface area contributed by atoms with E-state index >= 15 is 0 Å². The van der Waals surface area contributed by atoms with Crippen LogP contribution in [0.4, 0.5) is 26.3 Å². The minimum absolute atomic E-state index is 0. The molecule has 0 aromatic rings. The van der Waals surface area contributed by atoms with Crippen LogP contribution < -0.4 is 0 Å². The average Bonchev–Trinajstić information content (AvgIpc) is 1.82. The summed E-state index contributed by atoms with van der Waals surface area (Å²) in [4.78, 5) is 0. The summed E-state index contributed by atoms with van der Waals surface area (Å²) in [7, 11) is 0.627. The zero-order chi connectivity index (χ0) is 10.9. The SMILES string of the molecule is COCC(O)(C(F)(F)F)C(F)(F)F.[In]. The molecule has 0 rings (SSSR count). The van der Waals surface area contributed by atoms with Crippen LogP contribution in [0.3, 0.4) is 0 Å².